The van der Waals surface area contributed by atoms with Gasteiger partial charge in [0.15, 0.2) is 5.78 Å². The van der Waals surface area contributed by atoms with Gasteiger partial charge in [0.1, 0.15) is 5.82 Å². The van der Waals surface area contributed by atoms with E-state index in [1.165, 1.54) is 18.2 Å². The van der Waals surface area contributed by atoms with E-state index in [1.54, 1.807) is 42.5 Å². The predicted octanol–water partition coefficient (Wildman–Crippen LogP) is 6.04. The number of allylic oxidation sites excluding steroid dienone is 1. The lowest BCUT2D eigenvalue weighted by Crippen LogP contribution is -1.94. The summed E-state index contributed by atoms with van der Waals surface area (Å²) in [6.45, 7) is 0. The Morgan fingerprint density at radius 3 is 2.25 bits per heavy atom. The van der Waals surface area contributed by atoms with Gasteiger partial charge < -0.3 is 0 Å². The van der Waals surface area contributed by atoms with Crippen molar-refractivity contribution in [3.05, 3.63) is 101 Å². The van der Waals surface area contributed by atoms with E-state index in [-0.39, 0.29) is 11.6 Å². The molecule has 0 aliphatic carbocycles. The maximum Gasteiger partial charge on any atom is 0.185 e. The summed E-state index contributed by atoms with van der Waals surface area (Å²) in [6.07, 6.45) is 3.27. The van der Waals surface area contributed by atoms with Crippen LogP contribution in [0.25, 0.3) is 17.2 Å². The third-order valence-electron chi connectivity index (χ3n) is 3.60. The molecule has 0 aliphatic rings. The van der Waals surface area contributed by atoms with Crippen LogP contribution in [0.2, 0.25) is 5.02 Å². The van der Waals surface area contributed by atoms with Gasteiger partial charge in [-0.25, -0.2) is 4.39 Å². The maximum atomic E-state index is 13.4. The molecule has 0 atom stereocenters. The molecule has 0 heterocycles. The standard InChI is InChI=1S/C21H14ClFO/c22-19-10-7-15(8-11-19)9-12-21(24)18-5-1-3-16(13-18)17-4-2-6-20(23)14-17/h1-14H/b12-9+. The van der Waals surface area contributed by atoms with Crippen LogP contribution in [-0.4, -0.2) is 5.78 Å². The fraction of sp³-hybridized carbons (Fsp3) is 0. The second-order valence-corrected chi connectivity index (χ2v) is 5.78. The van der Waals surface area contributed by atoms with E-state index in [0.717, 1.165) is 16.7 Å². The molecular weight excluding hydrogens is 323 g/mol. The predicted molar refractivity (Wildman–Crippen MR) is 96.7 cm³/mol. The SMILES string of the molecule is O=C(/C=C/c1ccc(Cl)cc1)c1cccc(-c2cccc(F)c2)c1. The van der Waals surface area contributed by atoms with Crippen LogP contribution in [0.4, 0.5) is 4.39 Å². The van der Waals surface area contributed by atoms with Gasteiger partial charge in [0.25, 0.3) is 0 Å². The zero-order valence-electron chi connectivity index (χ0n) is 12.7. The molecule has 3 heteroatoms. The van der Waals surface area contributed by atoms with E-state index in [2.05, 4.69) is 0 Å². The largest absolute Gasteiger partial charge is 0.289 e. The number of carbonyl (C=O) groups excluding carboxylic acids is 1. The third kappa shape index (κ3) is 3.98. The van der Waals surface area contributed by atoms with E-state index < -0.39 is 0 Å². The fourth-order valence-electron chi connectivity index (χ4n) is 2.36. The molecule has 0 bridgehead atoms. The van der Waals surface area contributed by atoms with Crippen molar-refractivity contribution in [2.24, 2.45) is 0 Å². The van der Waals surface area contributed by atoms with Crippen molar-refractivity contribution in [1.29, 1.82) is 0 Å². The van der Waals surface area contributed by atoms with Gasteiger partial charge in [-0.15, -0.1) is 0 Å². The molecule has 0 aromatic heterocycles. The summed E-state index contributed by atoms with van der Waals surface area (Å²) in [7, 11) is 0. The smallest absolute Gasteiger partial charge is 0.185 e. The number of ketones is 1. The molecule has 0 amide bonds. The highest BCUT2D eigenvalue weighted by atomic mass is 35.5. The molecule has 3 aromatic rings. The minimum absolute atomic E-state index is 0.108. The summed E-state index contributed by atoms with van der Waals surface area (Å²) in [5.41, 5.74) is 3.00. The Hall–Kier alpha value is -2.71. The maximum absolute atomic E-state index is 13.4. The fourth-order valence-corrected chi connectivity index (χ4v) is 2.49. The molecule has 3 aromatic carbocycles. The molecule has 0 saturated carbocycles. The molecule has 0 saturated heterocycles. The van der Waals surface area contributed by atoms with Gasteiger partial charge in [-0.2, -0.15) is 0 Å². The van der Waals surface area contributed by atoms with Gasteiger partial charge in [0.2, 0.25) is 0 Å². The van der Waals surface area contributed by atoms with Crippen molar-refractivity contribution in [2.75, 3.05) is 0 Å². The molecule has 0 aliphatic heterocycles. The quantitative estimate of drug-likeness (QED) is 0.419. The molecule has 118 valence electrons. The summed E-state index contributed by atoms with van der Waals surface area (Å²) >= 11 is 5.84. The zero-order valence-corrected chi connectivity index (χ0v) is 13.5. The van der Waals surface area contributed by atoms with E-state index in [1.807, 2.05) is 24.3 Å². The second-order valence-electron chi connectivity index (χ2n) is 5.34. The minimum atomic E-state index is -0.299. The Morgan fingerprint density at radius 2 is 1.54 bits per heavy atom. The van der Waals surface area contributed by atoms with E-state index in [0.29, 0.717) is 10.6 Å². The molecular formula is C21H14ClFO. The Kier molecular flexibility index (Phi) is 4.88. The van der Waals surface area contributed by atoms with Crippen LogP contribution in [0.15, 0.2) is 78.9 Å². The van der Waals surface area contributed by atoms with Crippen molar-refractivity contribution in [2.45, 2.75) is 0 Å². The van der Waals surface area contributed by atoms with Gasteiger partial charge in [-0.3, -0.25) is 4.79 Å². The average molecular weight is 337 g/mol. The topological polar surface area (TPSA) is 17.1 Å². The van der Waals surface area contributed by atoms with Gasteiger partial charge in [0, 0.05) is 10.6 Å². The molecule has 3 rings (SSSR count). The van der Waals surface area contributed by atoms with Crippen LogP contribution in [0, 0.1) is 5.82 Å². The minimum Gasteiger partial charge on any atom is -0.289 e. The molecule has 0 unspecified atom stereocenters. The highest BCUT2D eigenvalue weighted by Gasteiger charge is 2.05. The van der Waals surface area contributed by atoms with E-state index >= 15 is 0 Å². The van der Waals surface area contributed by atoms with Gasteiger partial charge in [-0.1, -0.05) is 60.1 Å². The lowest BCUT2D eigenvalue weighted by Gasteiger charge is -2.04. The number of hydrogen-bond donors (Lipinski definition) is 0. The molecule has 0 N–H and O–H groups in total. The van der Waals surface area contributed by atoms with Crippen LogP contribution in [0.1, 0.15) is 15.9 Å². The van der Waals surface area contributed by atoms with Gasteiger partial charge in [-0.05, 0) is 53.1 Å². The summed E-state index contributed by atoms with van der Waals surface area (Å²) in [5.74, 6) is -0.407. The first-order chi connectivity index (χ1) is 11.6. The third-order valence-corrected chi connectivity index (χ3v) is 3.85. The van der Waals surface area contributed by atoms with Crippen LogP contribution < -0.4 is 0 Å². The first-order valence-electron chi connectivity index (χ1n) is 7.46. The van der Waals surface area contributed by atoms with Crippen molar-refractivity contribution < 1.29 is 9.18 Å². The first kappa shape index (κ1) is 16.2. The average Bonchev–Trinajstić information content (AvgIpc) is 2.61. The monoisotopic (exact) mass is 336 g/mol. The highest BCUT2D eigenvalue weighted by molar-refractivity contribution is 6.30. The summed E-state index contributed by atoms with van der Waals surface area (Å²) in [4.78, 5) is 12.3. The highest BCUT2D eigenvalue weighted by Crippen LogP contribution is 2.21. The summed E-state index contributed by atoms with van der Waals surface area (Å²) < 4.78 is 13.4. The van der Waals surface area contributed by atoms with Crippen LogP contribution in [0.5, 0.6) is 0 Å². The van der Waals surface area contributed by atoms with Crippen LogP contribution in [-0.2, 0) is 0 Å². The zero-order chi connectivity index (χ0) is 16.9. The number of halogens is 2. The van der Waals surface area contributed by atoms with E-state index in [4.69, 9.17) is 11.6 Å². The molecule has 0 spiro atoms. The number of benzene rings is 3. The molecule has 0 fully saturated rings. The summed E-state index contributed by atoms with van der Waals surface area (Å²) in [5, 5.41) is 0.654. The molecule has 24 heavy (non-hydrogen) atoms. The lowest BCUT2D eigenvalue weighted by atomic mass is 10.0. The number of hydrogen-bond acceptors (Lipinski definition) is 1. The van der Waals surface area contributed by atoms with E-state index in [9.17, 15) is 9.18 Å². The normalized spacial score (nSPS) is 10.9. The van der Waals surface area contributed by atoms with Crippen LogP contribution in [0.3, 0.4) is 0 Å². The van der Waals surface area contributed by atoms with Gasteiger partial charge in [0.05, 0.1) is 0 Å². The van der Waals surface area contributed by atoms with Gasteiger partial charge >= 0.3 is 0 Å². The number of rotatable bonds is 4. The van der Waals surface area contributed by atoms with Crippen molar-refractivity contribution >= 4 is 23.5 Å². The van der Waals surface area contributed by atoms with Crippen molar-refractivity contribution in [3.8, 4) is 11.1 Å². The Morgan fingerprint density at radius 1 is 0.875 bits per heavy atom. The second kappa shape index (κ2) is 7.24. The summed E-state index contributed by atoms with van der Waals surface area (Å²) in [6, 6.07) is 20.7. The Labute approximate surface area is 145 Å². The Bertz CT molecular complexity index is 898. The van der Waals surface area contributed by atoms with Crippen molar-refractivity contribution in [1.82, 2.24) is 0 Å². The Balaban J connectivity index is 1.83. The first-order valence-corrected chi connectivity index (χ1v) is 7.83. The number of carbonyl (C=O) groups is 1. The lowest BCUT2D eigenvalue weighted by molar-refractivity contribution is 0.104. The van der Waals surface area contributed by atoms with Crippen LogP contribution >= 0.6 is 11.6 Å². The molecule has 1 nitrogen and oxygen atoms in total. The van der Waals surface area contributed by atoms with Crippen molar-refractivity contribution in [3.63, 3.8) is 0 Å². The molecule has 0 radical (unpaired) electrons.